The van der Waals surface area contributed by atoms with Gasteiger partial charge in [0.2, 0.25) is 5.91 Å². The molecule has 4 aliphatic rings. The van der Waals surface area contributed by atoms with E-state index in [1.54, 1.807) is 11.8 Å². The van der Waals surface area contributed by atoms with Crippen LogP contribution in [0.2, 0.25) is 5.02 Å². The number of hydrogen-bond acceptors (Lipinski definition) is 3. The van der Waals surface area contributed by atoms with Gasteiger partial charge in [0.25, 0.3) is 0 Å². The lowest BCUT2D eigenvalue weighted by atomic mass is 9.53. The highest BCUT2D eigenvalue weighted by Crippen LogP contribution is 2.55. The van der Waals surface area contributed by atoms with E-state index in [4.69, 9.17) is 16.3 Å². The molecule has 0 aromatic heterocycles. The van der Waals surface area contributed by atoms with E-state index in [0.717, 1.165) is 29.3 Å². The van der Waals surface area contributed by atoms with Gasteiger partial charge in [-0.15, -0.1) is 11.8 Å². The van der Waals surface area contributed by atoms with E-state index in [9.17, 15) is 4.79 Å². The van der Waals surface area contributed by atoms with Gasteiger partial charge < -0.3 is 10.1 Å². The van der Waals surface area contributed by atoms with Gasteiger partial charge in [-0.3, -0.25) is 4.79 Å². The van der Waals surface area contributed by atoms with E-state index in [1.807, 2.05) is 24.3 Å². The van der Waals surface area contributed by atoms with Crippen molar-refractivity contribution in [3.05, 3.63) is 29.3 Å². The number of nitrogens with one attached hydrogen (secondary N) is 1. The summed E-state index contributed by atoms with van der Waals surface area (Å²) in [4.78, 5) is 12.4. The highest BCUT2D eigenvalue weighted by atomic mass is 35.5. The predicted molar refractivity (Wildman–Crippen MR) is 103 cm³/mol. The molecule has 4 saturated carbocycles. The molecule has 0 heterocycles. The van der Waals surface area contributed by atoms with Crippen LogP contribution in [-0.4, -0.2) is 29.6 Å². The molecule has 1 aromatic rings. The monoisotopic (exact) mass is 379 g/mol. The largest absolute Gasteiger partial charge is 0.493 e. The first-order chi connectivity index (χ1) is 12.1. The Bertz CT molecular complexity index is 583. The average molecular weight is 380 g/mol. The minimum atomic E-state index is 0.131. The molecule has 1 aromatic carbocycles. The van der Waals surface area contributed by atoms with Crippen molar-refractivity contribution in [3.63, 3.8) is 0 Å². The highest BCUT2D eigenvalue weighted by Gasteiger charge is 2.51. The van der Waals surface area contributed by atoms with E-state index in [-0.39, 0.29) is 11.4 Å². The number of ether oxygens (including phenoxy) is 1. The number of rotatable bonds is 7. The van der Waals surface area contributed by atoms with Crippen LogP contribution in [-0.2, 0) is 4.79 Å². The lowest BCUT2D eigenvalue weighted by Gasteiger charge is -2.56. The summed E-state index contributed by atoms with van der Waals surface area (Å²) in [5.74, 6) is 4.98. The zero-order valence-corrected chi connectivity index (χ0v) is 16.1. The van der Waals surface area contributed by atoms with Gasteiger partial charge in [-0.1, -0.05) is 11.6 Å². The van der Waals surface area contributed by atoms with E-state index >= 15 is 0 Å². The van der Waals surface area contributed by atoms with Crippen molar-refractivity contribution in [2.24, 2.45) is 17.8 Å². The number of amides is 1. The molecule has 0 aliphatic heterocycles. The van der Waals surface area contributed by atoms with E-state index in [2.05, 4.69) is 5.32 Å². The lowest BCUT2D eigenvalue weighted by molar-refractivity contribution is -0.124. The summed E-state index contributed by atoms with van der Waals surface area (Å²) in [6.45, 7) is 0.608. The van der Waals surface area contributed by atoms with E-state index in [0.29, 0.717) is 17.4 Å². The van der Waals surface area contributed by atoms with Crippen molar-refractivity contribution >= 4 is 29.3 Å². The molecule has 0 spiro atoms. The quantitative estimate of drug-likeness (QED) is 0.707. The van der Waals surface area contributed by atoms with Crippen LogP contribution in [0.4, 0.5) is 0 Å². The van der Waals surface area contributed by atoms with Gasteiger partial charge in [0.05, 0.1) is 12.4 Å². The highest BCUT2D eigenvalue weighted by molar-refractivity contribution is 7.99. The van der Waals surface area contributed by atoms with E-state index in [1.165, 1.54) is 38.5 Å². The minimum Gasteiger partial charge on any atom is -0.493 e. The Morgan fingerprint density at radius 1 is 1.12 bits per heavy atom. The second kappa shape index (κ2) is 7.40. The molecule has 4 fully saturated rings. The van der Waals surface area contributed by atoms with Gasteiger partial charge in [0.1, 0.15) is 5.75 Å². The molecule has 25 heavy (non-hydrogen) atoms. The van der Waals surface area contributed by atoms with Crippen molar-refractivity contribution < 1.29 is 9.53 Å². The maximum absolute atomic E-state index is 12.4. The number of carbonyl (C=O) groups is 1. The average Bonchev–Trinajstić information content (AvgIpc) is 2.54. The normalized spacial score (nSPS) is 32.6. The van der Waals surface area contributed by atoms with Crippen LogP contribution in [0.1, 0.15) is 38.5 Å². The molecule has 0 unspecified atom stereocenters. The summed E-state index contributed by atoms with van der Waals surface area (Å²) in [7, 11) is 0. The Kier molecular flexibility index (Phi) is 5.19. The summed E-state index contributed by atoms with van der Waals surface area (Å²) < 4.78 is 5.67. The van der Waals surface area contributed by atoms with Gasteiger partial charge in [-0.05, 0) is 80.5 Å². The standard InChI is InChI=1S/C20H26ClNO2S/c21-17-1-3-18(4-2-17)24-5-6-25-13-19(23)22-20-10-14-7-15(11-20)9-16(8-14)12-20/h1-4,14-16H,5-13H2,(H,22,23). The summed E-state index contributed by atoms with van der Waals surface area (Å²) in [6.07, 6.45) is 7.88. The van der Waals surface area contributed by atoms with Crippen molar-refractivity contribution in [2.45, 2.75) is 44.1 Å². The molecule has 3 nitrogen and oxygen atoms in total. The number of benzene rings is 1. The van der Waals surface area contributed by atoms with E-state index < -0.39 is 0 Å². The topological polar surface area (TPSA) is 38.3 Å². The summed E-state index contributed by atoms with van der Waals surface area (Å²) in [5, 5.41) is 4.14. The fourth-order valence-corrected chi connectivity index (χ4v) is 6.24. The van der Waals surface area contributed by atoms with Crippen molar-refractivity contribution in [3.8, 4) is 5.75 Å². The molecule has 136 valence electrons. The molecule has 1 amide bonds. The molecule has 4 bridgehead atoms. The van der Waals surface area contributed by atoms with Gasteiger partial charge in [-0.25, -0.2) is 0 Å². The number of halogens is 1. The van der Waals surface area contributed by atoms with Crippen LogP contribution in [0.5, 0.6) is 5.75 Å². The van der Waals surface area contributed by atoms with Crippen LogP contribution in [0.25, 0.3) is 0 Å². The maximum atomic E-state index is 12.4. The third kappa shape index (κ3) is 4.28. The fraction of sp³-hybridized carbons (Fsp3) is 0.650. The predicted octanol–water partition coefficient (Wildman–Crippen LogP) is 4.54. The van der Waals surface area contributed by atoms with Crippen LogP contribution in [0.3, 0.4) is 0 Å². The molecule has 0 radical (unpaired) electrons. The smallest absolute Gasteiger partial charge is 0.230 e. The van der Waals surface area contributed by atoms with Gasteiger partial charge in [0, 0.05) is 16.3 Å². The third-order valence-corrected chi connectivity index (χ3v) is 7.16. The minimum absolute atomic E-state index is 0.131. The molecule has 4 aliphatic carbocycles. The Morgan fingerprint density at radius 3 is 2.32 bits per heavy atom. The van der Waals surface area contributed by atoms with Gasteiger partial charge >= 0.3 is 0 Å². The maximum Gasteiger partial charge on any atom is 0.230 e. The van der Waals surface area contributed by atoms with Gasteiger partial charge in [0.15, 0.2) is 0 Å². The van der Waals surface area contributed by atoms with Crippen molar-refractivity contribution in [2.75, 3.05) is 18.1 Å². The Morgan fingerprint density at radius 2 is 1.72 bits per heavy atom. The summed E-state index contributed by atoms with van der Waals surface area (Å²) in [5.41, 5.74) is 0.131. The molecular weight excluding hydrogens is 354 g/mol. The Balaban J connectivity index is 1.17. The second-order valence-corrected chi connectivity index (χ2v) is 9.64. The second-order valence-electron chi connectivity index (χ2n) is 8.10. The first kappa shape index (κ1) is 17.5. The first-order valence-corrected chi connectivity index (χ1v) is 10.9. The zero-order valence-electron chi connectivity index (χ0n) is 14.5. The van der Waals surface area contributed by atoms with Crippen molar-refractivity contribution in [1.29, 1.82) is 0 Å². The third-order valence-electron chi connectivity index (χ3n) is 5.99. The van der Waals surface area contributed by atoms with Crippen LogP contribution < -0.4 is 10.1 Å². The molecule has 5 rings (SSSR count). The fourth-order valence-electron chi connectivity index (χ4n) is 5.51. The summed E-state index contributed by atoms with van der Waals surface area (Å²) >= 11 is 7.50. The molecular formula is C20H26ClNO2S. The SMILES string of the molecule is O=C(CSCCOc1ccc(Cl)cc1)NC12CC3CC(CC(C3)C1)C2. The van der Waals surface area contributed by atoms with Crippen LogP contribution in [0, 0.1) is 17.8 Å². The van der Waals surface area contributed by atoms with Gasteiger partial charge in [-0.2, -0.15) is 0 Å². The van der Waals surface area contributed by atoms with Crippen molar-refractivity contribution in [1.82, 2.24) is 5.32 Å². The van der Waals surface area contributed by atoms with Crippen LogP contribution in [0.15, 0.2) is 24.3 Å². The molecule has 1 N–H and O–H groups in total. The number of carbonyl (C=O) groups excluding carboxylic acids is 1. The zero-order chi connectivity index (χ0) is 17.3. The lowest BCUT2D eigenvalue weighted by Crippen LogP contribution is -2.60. The molecule has 0 atom stereocenters. The van der Waals surface area contributed by atoms with Crippen LogP contribution >= 0.6 is 23.4 Å². The number of hydrogen-bond donors (Lipinski definition) is 1. The Labute approximate surface area is 159 Å². The Hall–Kier alpha value is -0.870. The number of thioether (sulfide) groups is 1. The molecule has 0 saturated heterocycles. The first-order valence-electron chi connectivity index (χ1n) is 9.37. The summed E-state index contributed by atoms with van der Waals surface area (Å²) in [6, 6.07) is 7.38. The molecule has 5 heteroatoms.